The van der Waals surface area contributed by atoms with Crippen LogP contribution in [0.2, 0.25) is 0 Å². The molecule has 0 bridgehead atoms. The van der Waals surface area contributed by atoms with Crippen LogP contribution < -0.4 is 0 Å². The maximum Gasteiger partial charge on any atom is 0.313 e. The van der Waals surface area contributed by atoms with E-state index in [4.69, 9.17) is 23.7 Å². The maximum absolute atomic E-state index is 12.7. The van der Waals surface area contributed by atoms with Crippen molar-refractivity contribution in [3.63, 3.8) is 0 Å². The van der Waals surface area contributed by atoms with Gasteiger partial charge < -0.3 is 23.7 Å². The van der Waals surface area contributed by atoms with E-state index < -0.39 is 17.6 Å². The third kappa shape index (κ3) is 7.51. The Morgan fingerprint density at radius 1 is 0.789 bits per heavy atom. The van der Waals surface area contributed by atoms with Gasteiger partial charge in [0.1, 0.15) is 12.2 Å². The monoisotopic (exact) mass is 518 g/mol. The Kier molecular flexibility index (Phi) is 10.1. The quantitative estimate of drug-likeness (QED) is 0.285. The summed E-state index contributed by atoms with van der Waals surface area (Å²) in [6, 6.07) is 30.1. The normalized spacial score (nSPS) is 21.7. The number of hydrogen-bond donors (Lipinski definition) is 0. The van der Waals surface area contributed by atoms with E-state index in [0.29, 0.717) is 32.8 Å². The van der Waals surface area contributed by atoms with E-state index in [1.54, 1.807) is 0 Å². The van der Waals surface area contributed by atoms with Crippen molar-refractivity contribution in [2.75, 3.05) is 13.7 Å². The lowest BCUT2D eigenvalue weighted by Crippen LogP contribution is -2.57. The molecule has 0 unspecified atom stereocenters. The first-order valence-corrected chi connectivity index (χ1v) is 13.1. The minimum absolute atomic E-state index is 0.299. The second-order valence-electron chi connectivity index (χ2n) is 10.2. The lowest BCUT2D eigenvalue weighted by molar-refractivity contribution is -0.239. The zero-order valence-electron chi connectivity index (χ0n) is 22.5. The van der Waals surface area contributed by atoms with Gasteiger partial charge in [-0.1, -0.05) is 91.0 Å². The van der Waals surface area contributed by atoms with Crippen molar-refractivity contribution in [2.45, 2.75) is 64.5 Å². The van der Waals surface area contributed by atoms with Gasteiger partial charge in [0.25, 0.3) is 0 Å². The molecule has 6 nitrogen and oxygen atoms in total. The number of methoxy groups -OCH3 is 1. The van der Waals surface area contributed by atoms with Gasteiger partial charge in [0.15, 0.2) is 0 Å². The highest BCUT2D eigenvalue weighted by Gasteiger charge is 2.49. The Morgan fingerprint density at radius 3 is 1.82 bits per heavy atom. The first-order valence-electron chi connectivity index (χ1n) is 13.1. The summed E-state index contributed by atoms with van der Waals surface area (Å²) in [6.45, 7) is 5.30. The SMILES string of the molecule is COC(=O)C(C)(C)[C@H]1C[C@@H](OCc2ccccc2)[C@H](OCc2ccccc2)[C@@H](COCc2ccccc2)O1. The van der Waals surface area contributed by atoms with E-state index in [2.05, 4.69) is 0 Å². The minimum atomic E-state index is -0.870. The predicted molar refractivity (Wildman–Crippen MR) is 145 cm³/mol. The largest absolute Gasteiger partial charge is 0.469 e. The predicted octanol–water partition coefficient (Wildman–Crippen LogP) is 5.73. The minimum Gasteiger partial charge on any atom is -0.469 e. The van der Waals surface area contributed by atoms with Crippen LogP contribution in [-0.4, -0.2) is 44.1 Å². The maximum atomic E-state index is 12.7. The molecule has 38 heavy (non-hydrogen) atoms. The van der Waals surface area contributed by atoms with Crippen LogP contribution in [0.5, 0.6) is 0 Å². The summed E-state index contributed by atoms with van der Waals surface area (Å²) < 4.78 is 30.8. The molecule has 1 aliphatic heterocycles. The Bertz CT molecular complexity index is 1100. The van der Waals surface area contributed by atoms with E-state index in [9.17, 15) is 4.79 Å². The molecule has 1 heterocycles. The van der Waals surface area contributed by atoms with Crippen molar-refractivity contribution < 1.29 is 28.5 Å². The van der Waals surface area contributed by atoms with E-state index in [1.165, 1.54) is 7.11 Å². The lowest BCUT2D eigenvalue weighted by Gasteiger charge is -2.45. The van der Waals surface area contributed by atoms with Crippen LogP contribution in [0.4, 0.5) is 0 Å². The van der Waals surface area contributed by atoms with Gasteiger partial charge in [-0.15, -0.1) is 0 Å². The van der Waals surface area contributed by atoms with Crippen LogP contribution in [0.1, 0.15) is 37.0 Å². The second-order valence-corrected chi connectivity index (χ2v) is 10.2. The van der Waals surface area contributed by atoms with Crippen LogP contribution >= 0.6 is 0 Å². The topological polar surface area (TPSA) is 63.2 Å². The first-order chi connectivity index (χ1) is 18.5. The highest BCUT2D eigenvalue weighted by molar-refractivity contribution is 5.76. The zero-order valence-corrected chi connectivity index (χ0v) is 22.5. The molecule has 1 aliphatic rings. The fourth-order valence-electron chi connectivity index (χ4n) is 4.71. The highest BCUT2D eigenvalue weighted by atomic mass is 16.6. The van der Waals surface area contributed by atoms with Gasteiger partial charge in [-0.2, -0.15) is 0 Å². The molecular formula is C32H38O6. The van der Waals surface area contributed by atoms with E-state index in [-0.39, 0.29) is 18.2 Å². The second kappa shape index (κ2) is 13.7. The molecule has 0 aromatic heterocycles. The van der Waals surface area contributed by atoms with Gasteiger partial charge in [0.05, 0.1) is 51.2 Å². The van der Waals surface area contributed by atoms with Gasteiger partial charge in [0, 0.05) is 6.42 Å². The molecule has 0 N–H and O–H groups in total. The summed E-state index contributed by atoms with van der Waals surface area (Å²) in [5.74, 6) is -0.322. The van der Waals surface area contributed by atoms with E-state index >= 15 is 0 Å². The Balaban J connectivity index is 1.55. The highest BCUT2D eigenvalue weighted by Crippen LogP contribution is 2.37. The van der Waals surface area contributed by atoms with Crippen molar-refractivity contribution in [1.29, 1.82) is 0 Å². The molecule has 4 atom stereocenters. The molecule has 0 aliphatic carbocycles. The summed E-state index contributed by atoms with van der Waals surface area (Å²) in [4.78, 5) is 12.7. The smallest absolute Gasteiger partial charge is 0.313 e. The number of rotatable bonds is 12. The molecule has 3 aromatic carbocycles. The van der Waals surface area contributed by atoms with E-state index in [0.717, 1.165) is 16.7 Å². The third-order valence-corrected chi connectivity index (χ3v) is 7.02. The number of carbonyl (C=O) groups excluding carboxylic acids is 1. The van der Waals surface area contributed by atoms with Gasteiger partial charge in [-0.3, -0.25) is 4.79 Å². The molecule has 0 spiro atoms. The number of esters is 1. The molecule has 4 rings (SSSR count). The molecule has 0 saturated carbocycles. The average molecular weight is 519 g/mol. The molecule has 1 fully saturated rings. The van der Waals surface area contributed by atoms with E-state index in [1.807, 2.05) is 105 Å². The van der Waals surface area contributed by atoms with Crippen LogP contribution in [0.15, 0.2) is 91.0 Å². The molecule has 0 radical (unpaired) electrons. The van der Waals surface area contributed by atoms with Gasteiger partial charge in [0.2, 0.25) is 0 Å². The first kappa shape index (κ1) is 28.0. The lowest BCUT2D eigenvalue weighted by atomic mass is 9.80. The summed E-state index contributed by atoms with van der Waals surface area (Å²) >= 11 is 0. The summed E-state index contributed by atoms with van der Waals surface area (Å²) in [7, 11) is 1.41. The van der Waals surface area contributed by atoms with Crippen molar-refractivity contribution in [2.24, 2.45) is 5.41 Å². The number of benzene rings is 3. The van der Waals surface area contributed by atoms with Crippen molar-refractivity contribution >= 4 is 5.97 Å². The summed E-state index contributed by atoms with van der Waals surface area (Å²) in [5, 5.41) is 0. The molecule has 3 aromatic rings. The van der Waals surface area contributed by atoms with Crippen LogP contribution in [0.25, 0.3) is 0 Å². The fourth-order valence-corrected chi connectivity index (χ4v) is 4.71. The average Bonchev–Trinajstić information content (AvgIpc) is 2.96. The zero-order chi connectivity index (χ0) is 26.8. The van der Waals surface area contributed by atoms with Crippen molar-refractivity contribution in [3.05, 3.63) is 108 Å². The van der Waals surface area contributed by atoms with Crippen molar-refractivity contribution in [1.82, 2.24) is 0 Å². The van der Waals surface area contributed by atoms with Crippen LogP contribution in [-0.2, 0) is 48.3 Å². The number of ether oxygens (including phenoxy) is 5. The summed E-state index contributed by atoms with van der Waals surface area (Å²) in [6.07, 6.45) is -1.08. The van der Waals surface area contributed by atoms with Gasteiger partial charge in [-0.25, -0.2) is 0 Å². The molecule has 6 heteroatoms. The van der Waals surface area contributed by atoms with Gasteiger partial charge >= 0.3 is 5.97 Å². The standard InChI is InChI=1S/C32H38O6/c1-32(2,31(33)34-3)29-19-27(36-21-25-15-9-5-10-16-25)30(37-22-26-17-11-6-12-18-26)28(38-29)23-35-20-24-13-7-4-8-14-24/h4-18,27-30H,19-23H2,1-3H3/t27-,28-,29-,30+/m1/s1. The summed E-state index contributed by atoms with van der Waals surface area (Å²) in [5.41, 5.74) is 2.34. The Labute approximate surface area is 225 Å². The van der Waals surface area contributed by atoms with Crippen LogP contribution in [0, 0.1) is 5.41 Å². The molecule has 0 amide bonds. The fraction of sp³-hybridized carbons (Fsp3) is 0.406. The Hall–Kier alpha value is -3.03. The third-order valence-electron chi connectivity index (χ3n) is 7.02. The molecular weight excluding hydrogens is 480 g/mol. The number of hydrogen-bond acceptors (Lipinski definition) is 6. The molecule has 202 valence electrons. The van der Waals surface area contributed by atoms with Crippen molar-refractivity contribution in [3.8, 4) is 0 Å². The molecule has 1 saturated heterocycles. The van der Waals surface area contributed by atoms with Gasteiger partial charge in [-0.05, 0) is 30.5 Å². The number of carbonyl (C=O) groups is 1. The van der Waals surface area contributed by atoms with Crippen LogP contribution in [0.3, 0.4) is 0 Å². The Morgan fingerprint density at radius 2 is 1.29 bits per heavy atom.